The number of thioether (sulfide) groups is 1. The standard InChI is InChI=1S/C13H26N2S/c1-12-4-2-3-9-15(12)10-11-16-13-5-7-14-8-6-13/h12-14H,2-11H2,1H3. The average Bonchev–Trinajstić information content (AvgIpc) is 2.33. The summed E-state index contributed by atoms with van der Waals surface area (Å²) in [6, 6.07) is 0.836. The van der Waals surface area contributed by atoms with E-state index in [1.54, 1.807) is 0 Å². The maximum absolute atomic E-state index is 3.44. The normalized spacial score (nSPS) is 29.4. The van der Waals surface area contributed by atoms with Gasteiger partial charge in [-0.25, -0.2) is 0 Å². The van der Waals surface area contributed by atoms with Gasteiger partial charge in [-0.2, -0.15) is 11.8 Å². The molecule has 2 rings (SSSR count). The molecule has 0 aromatic heterocycles. The molecule has 0 amide bonds. The third kappa shape index (κ3) is 3.94. The summed E-state index contributed by atoms with van der Waals surface area (Å²) in [6.45, 7) is 7.52. The lowest BCUT2D eigenvalue weighted by Gasteiger charge is -2.33. The summed E-state index contributed by atoms with van der Waals surface area (Å²) >= 11 is 2.21. The molecule has 3 heteroatoms. The molecule has 2 heterocycles. The lowest BCUT2D eigenvalue weighted by molar-refractivity contribution is 0.171. The number of nitrogens with zero attached hydrogens (tertiary/aromatic N) is 1. The Morgan fingerprint density at radius 1 is 1.19 bits per heavy atom. The lowest BCUT2D eigenvalue weighted by Crippen LogP contribution is -2.39. The van der Waals surface area contributed by atoms with Gasteiger partial charge in [0.15, 0.2) is 0 Å². The van der Waals surface area contributed by atoms with Gasteiger partial charge in [-0.1, -0.05) is 6.42 Å². The van der Waals surface area contributed by atoms with Crippen molar-refractivity contribution in [2.45, 2.75) is 50.3 Å². The van der Waals surface area contributed by atoms with Crippen LogP contribution in [0.3, 0.4) is 0 Å². The molecule has 16 heavy (non-hydrogen) atoms. The van der Waals surface area contributed by atoms with Crippen molar-refractivity contribution < 1.29 is 0 Å². The largest absolute Gasteiger partial charge is 0.317 e. The van der Waals surface area contributed by atoms with Crippen LogP contribution in [-0.2, 0) is 0 Å². The quantitative estimate of drug-likeness (QED) is 0.815. The number of hydrogen-bond acceptors (Lipinski definition) is 3. The Morgan fingerprint density at radius 2 is 2.00 bits per heavy atom. The van der Waals surface area contributed by atoms with Gasteiger partial charge in [0, 0.05) is 23.6 Å². The van der Waals surface area contributed by atoms with Crippen molar-refractivity contribution in [3.8, 4) is 0 Å². The second kappa shape index (κ2) is 6.87. The molecule has 1 N–H and O–H groups in total. The summed E-state index contributed by atoms with van der Waals surface area (Å²) < 4.78 is 0. The van der Waals surface area contributed by atoms with Crippen molar-refractivity contribution in [2.75, 3.05) is 31.9 Å². The van der Waals surface area contributed by atoms with E-state index in [-0.39, 0.29) is 0 Å². The lowest BCUT2D eigenvalue weighted by atomic mass is 10.0. The number of piperidine rings is 2. The van der Waals surface area contributed by atoms with Crippen LogP contribution in [-0.4, -0.2) is 48.1 Å². The van der Waals surface area contributed by atoms with Crippen LogP contribution in [0, 0.1) is 0 Å². The smallest absolute Gasteiger partial charge is 0.00753 e. The second-order valence-electron chi connectivity index (χ2n) is 5.20. The van der Waals surface area contributed by atoms with Crippen molar-refractivity contribution >= 4 is 11.8 Å². The zero-order valence-electron chi connectivity index (χ0n) is 10.6. The molecule has 0 aliphatic carbocycles. The van der Waals surface area contributed by atoms with E-state index in [1.807, 2.05) is 0 Å². The van der Waals surface area contributed by atoms with E-state index in [0.29, 0.717) is 0 Å². The van der Waals surface area contributed by atoms with Gasteiger partial charge in [0.05, 0.1) is 0 Å². The van der Waals surface area contributed by atoms with Crippen LogP contribution >= 0.6 is 11.8 Å². The molecule has 2 nitrogen and oxygen atoms in total. The molecule has 2 aliphatic rings. The molecule has 2 aliphatic heterocycles. The summed E-state index contributed by atoms with van der Waals surface area (Å²) in [4.78, 5) is 2.69. The third-order valence-corrected chi connectivity index (χ3v) is 5.32. The summed E-state index contributed by atoms with van der Waals surface area (Å²) in [5.74, 6) is 1.34. The fourth-order valence-electron chi connectivity index (χ4n) is 2.79. The first-order valence-electron chi connectivity index (χ1n) is 6.92. The monoisotopic (exact) mass is 242 g/mol. The van der Waals surface area contributed by atoms with Gasteiger partial charge >= 0.3 is 0 Å². The number of nitrogens with one attached hydrogen (secondary N) is 1. The molecule has 1 atom stereocenters. The molecular formula is C13H26N2S. The molecule has 2 fully saturated rings. The first-order valence-corrected chi connectivity index (χ1v) is 7.97. The minimum Gasteiger partial charge on any atom is -0.317 e. The first-order chi connectivity index (χ1) is 7.86. The van der Waals surface area contributed by atoms with Gasteiger partial charge in [0.1, 0.15) is 0 Å². The van der Waals surface area contributed by atoms with Crippen molar-refractivity contribution in [1.82, 2.24) is 10.2 Å². The number of rotatable bonds is 4. The zero-order chi connectivity index (χ0) is 11.2. The highest BCUT2D eigenvalue weighted by Gasteiger charge is 2.18. The predicted molar refractivity (Wildman–Crippen MR) is 73.2 cm³/mol. The van der Waals surface area contributed by atoms with Crippen LogP contribution in [0.5, 0.6) is 0 Å². The maximum Gasteiger partial charge on any atom is 0.00753 e. The van der Waals surface area contributed by atoms with E-state index in [2.05, 4.69) is 28.9 Å². The van der Waals surface area contributed by atoms with Crippen molar-refractivity contribution in [3.05, 3.63) is 0 Å². The van der Waals surface area contributed by atoms with Crippen molar-refractivity contribution in [3.63, 3.8) is 0 Å². The SMILES string of the molecule is CC1CCCCN1CCSC1CCNCC1. The summed E-state index contributed by atoms with van der Waals surface area (Å²) in [6.07, 6.45) is 7.03. The Morgan fingerprint density at radius 3 is 2.75 bits per heavy atom. The highest BCUT2D eigenvalue weighted by molar-refractivity contribution is 7.99. The first kappa shape index (κ1) is 12.7. The highest BCUT2D eigenvalue weighted by Crippen LogP contribution is 2.22. The molecular weight excluding hydrogens is 216 g/mol. The molecule has 0 aromatic carbocycles. The third-order valence-electron chi connectivity index (χ3n) is 3.96. The van der Waals surface area contributed by atoms with E-state index in [1.165, 1.54) is 64.0 Å². The molecule has 2 saturated heterocycles. The Hall–Kier alpha value is 0.270. The van der Waals surface area contributed by atoms with Crippen molar-refractivity contribution in [1.29, 1.82) is 0 Å². The molecule has 0 radical (unpaired) electrons. The van der Waals surface area contributed by atoms with E-state index in [9.17, 15) is 0 Å². The summed E-state index contributed by atoms with van der Waals surface area (Å²) in [7, 11) is 0. The average molecular weight is 242 g/mol. The summed E-state index contributed by atoms with van der Waals surface area (Å²) in [5.41, 5.74) is 0. The second-order valence-corrected chi connectivity index (χ2v) is 6.61. The summed E-state index contributed by atoms with van der Waals surface area (Å²) in [5, 5.41) is 4.37. The van der Waals surface area contributed by atoms with E-state index in [0.717, 1.165) is 11.3 Å². The van der Waals surface area contributed by atoms with Gasteiger partial charge in [0.2, 0.25) is 0 Å². The van der Waals surface area contributed by atoms with Crippen LogP contribution < -0.4 is 5.32 Å². The Kier molecular flexibility index (Phi) is 5.46. The Labute approximate surface area is 105 Å². The van der Waals surface area contributed by atoms with Gasteiger partial charge in [-0.3, -0.25) is 4.90 Å². The van der Waals surface area contributed by atoms with Crippen LogP contribution in [0.4, 0.5) is 0 Å². The van der Waals surface area contributed by atoms with Crippen molar-refractivity contribution in [2.24, 2.45) is 0 Å². The Balaban J connectivity index is 1.59. The Bertz CT molecular complexity index is 192. The molecule has 0 saturated carbocycles. The highest BCUT2D eigenvalue weighted by atomic mass is 32.2. The molecule has 94 valence electrons. The molecule has 0 spiro atoms. The van der Waals surface area contributed by atoms with Crippen LogP contribution in [0.2, 0.25) is 0 Å². The van der Waals surface area contributed by atoms with E-state index in [4.69, 9.17) is 0 Å². The van der Waals surface area contributed by atoms with Gasteiger partial charge in [0.25, 0.3) is 0 Å². The zero-order valence-corrected chi connectivity index (χ0v) is 11.4. The van der Waals surface area contributed by atoms with Gasteiger partial charge in [-0.05, 0) is 52.2 Å². The van der Waals surface area contributed by atoms with Gasteiger partial charge in [-0.15, -0.1) is 0 Å². The van der Waals surface area contributed by atoms with Crippen LogP contribution in [0.25, 0.3) is 0 Å². The van der Waals surface area contributed by atoms with E-state index < -0.39 is 0 Å². The number of likely N-dealkylation sites (tertiary alicyclic amines) is 1. The molecule has 0 bridgehead atoms. The topological polar surface area (TPSA) is 15.3 Å². The maximum atomic E-state index is 3.44. The van der Waals surface area contributed by atoms with Gasteiger partial charge < -0.3 is 5.32 Å². The fraction of sp³-hybridized carbons (Fsp3) is 1.00. The number of hydrogen-bond donors (Lipinski definition) is 1. The molecule has 0 aromatic rings. The molecule has 1 unspecified atom stereocenters. The van der Waals surface area contributed by atoms with E-state index >= 15 is 0 Å². The van der Waals surface area contributed by atoms with Crippen LogP contribution in [0.1, 0.15) is 39.0 Å². The van der Waals surface area contributed by atoms with Crippen LogP contribution in [0.15, 0.2) is 0 Å². The fourth-order valence-corrected chi connectivity index (χ4v) is 4.03. The minimum absolute atomic E-state index is 0.836. The minimum atomic E-state index is 0.836. The predicted octanol–water partition coefficient (Wildman–Crippen LogP) is 2.35.